The monoisotopic (exact) mass is 390 g/mol. The van der Waals surface area contributed by atoms with Crippen LogP contribution < -0.4 is 10.0 Å². The van der Waals surface area contributed by atoms with Gasteiger partial charge in [0, 0.05) is 11.3 Å². The number of sulfonamides is 1. The third-order valence-corrected chi connectivity index (χ3v) is 5.16. The van der Waals surface area contributed by atoms with Crippen molar-refractivity contribution in [1.29, 1.82) is 0 Å². The smallest absolute Gasteiger partial charge is 0.326 e. The number of amides is 1. The van der Waals surface area contributed by atoms with Crippen LogP contribution in [0.3, 0.4) is 0 Å². The number of nitrogens with one attached hydrogen (secondary N) is 2. The van der Waals surface area contributed by atoms with Crippen molar-refractivity contribution in [1.82, 2.24) is 5.32 Å². The lowest BCUT2D eigenvalue weighted by atomic mass is 10.0. The van der Waals surface area contributed by atoms with Gasteiger partial charge in [-0.1, -0.05) is 32.0 Å². The Morgan fingerprint density at radius 3 is 2.11 bits per heavy atom. The highest BCUT2D eigenvalue weighted by Gasteiger charge is 2.22. The molecule has 8 heteroatoms. The van der Waals surface area contributed by atoms with Crippen LogP contribution in [0.1, 0.15) is 30.6 Å². The Bertz CT molecular complexity index is 893. The molecule has 0 spiro atoms. The summed E-state index contributed by atoms with van der Waals surface area (Å²) < 4.78 is 27.2. The Morgan fingerprint density at radius 1 is 1.00 bits per heavy atom. The average Bonchev–Trinajstić information content (AvgIpc) is 2.61. The predicted octanol–water partition coefficient (Wildman–Crippen LogP) is 2.72. The Hall–Kier alpha value is -2.87. The largest absolute Gasteiger partial charge is 0.480 e. The molecule has 0 bridgehead atoms. The maximum absolute atomic E-state index is 12.4. The van der Waals surface area contributed by atoms with Gasteiger partial charge in [-0.25, -0.2) is 13.2 Å². The molecule has 0 aliphatic heterocycles. The zero-order valence-electron chi connectivity index (χ0n) is 15.0. The van der Waals surface area contributed by atoms with Gasteiger partial charge in [-0.05, 0) is 48.7 Å². The fourth-order valence-electron chi connectivity index (χ4n) is 2.44. The molecule has 0 radical (unpaired) electrons. The minimum atomic E-state index is -3.78. The number of hydrogen-bond acceptors (Lipinski definition) is 4. The fourth-order valence-corrected chi connectivity index (χ4v) is 3.50. The van der Waals surface area contributed by atoms with E-state index in [-0.39, 0.29) is 16.4 Å². The van der Waals surface area contributed by atoms with Gasteiger partial charge in [-0.3, -0.25) is 9.52 Å². The molecule has 0 saturated carbocycles. The molecule has 0 saturated heterocycles. The van der Waals surface area contributed by atoms with Gasteiger partial charge in [0.2, 0.25) is 0 Å². The minimum Gasteiger partial charge on any atom is -0.480 e. The van der Waals surface area contributed by atoms with Crippen LogP contribution in [0.5, 0.6) is 0 Å². The Balaban J connectivity index is 2.11. The van der Waals surface area contributed by atoms with E-state index in [0.717, 1.165) is 0 Å². The van der Waals surface area contributed by atoms with Crippen molar-refractivity contribution in [2.75, 3.05) is 4.72 Å². The highest BCUT2D eigenvalue weighted by Crippen LogP contribution is 2.16. The summed E-state index contributed by atoms with van der Waals surface area (Å²) in [5, 5.41) is 11.7. The van der Waals surface area contributed by atoms with Gasteiger partial charge >= 0.3 is 5.97 Å². The van der Waals surface area contributed by atoms with E-state index in [1.807, 2.05) is 13.8 Å². The van der Waals surface area contributed by atoms with Crippen molar-refractivity contribution in [2.45, 2.75) is 31.2 Å². The maximum atomic E-state index is 12.4. The molecule has 0 unspecified atom stereocenters. The number of carboxylic acid groups (broad SMARTS) is 1. The molecule has 0 aliphatic rings. The number of carboxylic acids is 1. The summed E-state index contributed by atoms with van der Waals surface area (Å²) in [7, 11) is -3.78. The summed E-state index contributed by atoms with van der Waals surface area (Å²) in [6.45, 7) is 3.73. The quantitative estimate of drug-likeness (QED) is 0.641. The van der Waals surface area contributed by atoms with Crippen molar-refractivity contribution in [3.8, 4) is 0 Å². The highest BCUT2D eigenvalue weighted by molar-refractivity contribution is 7.92. The number of carbonyl (C=O) groups is 2. The van der Waals surface area contributed by atoms with E-state index in [2.05, 4.69) is 10.0 Å². The Kier molecular flexibility index (Phi) is 6.57. The van der Waals surface area contributed by atoms with Crippen molar-refractivity contribution in [3.05, 3.63) is 60.2 Å². The van der Waals surface area contributed by atoms with Crippen molar-refractivity contribution < 1.29 is 23.1 Å². The van der Waals surface area contributed by atoms with E-state index in [9.17, 15) is 23.1 Å². The molecule has 144 valence electrons. The van der Waals surface area contributed by atoms with Gasteiger partial charge in [0.15, 0.2) is 0 Å². The number of benzene rings is 2. The molecule has 0 aliphatic carbocycles. The summed E-state index contributed by atoms with van der Waals surface area (Å²) in [5.41, 5.74) is 0.612. The topological polar surface area (TPSA) is 113 Å². The van der Waals surface area contributed by atoms with Crippen LogP contribution in [0.15, 0.2) is 59.5 Å². The molecule has 3 N–H and O–H groups in total. The van der Waals surface area contributed by atoms with E-state index in [4.69, 9.17) is 0 Å². The summed E-state index contributed by atoms with van der Waals surface area (Å²) in [4.78, 5) is 23.5. The molecule has 1 amide bonds. The molecule has 27 heavy (non-hydrogen) atoms. The van der Waals surface area contributed by atoms with Gasteiger partial charge in [0.1, 0.15) is 6.04 Å². The number of rotatable bonds is 8. The second-order valence-corrected chi connectivity index (χ2v) is 8.17. The molecule has 2 aromatic carbocycles. The van der Waals surface area contributed by atoms with E-state index >= 15 is 0 Å². The number of para-hydroxylation sites is 1. The van der Waals surface area contributed by atoms with Crippen LogP contribution >= 0.6 is 0 Å². The fraction of sp³-hybridized carbons (Fsp3) is 0.263. The van der Waals surface area contributed by atoms with Crippen molar-refractivity contribution >= 4 is 27.6 Å². The molecule has 0 aromatic heterocycles. The summed E-state index contributed by atoms with van der Waals surface area (Å²) >= 11 is 0. The molecular formula is C19H22N2O5S. The Morgan fingerprint density at radius 2 is 1.59 bits per heavy atom. The summed E-state index contributed by atoms with van der Waals surface area (Å²) in [5.74, 6) is -1.57. The second kappa shape index (κ2) is 8.68. The van der Waals surface area contributed by atoms with Crippen LogP contribution in [0, 0.1) is 5.92 Å². The zero-order chi connectivity index (χ0) is 20.0. The van der Waals surface area contributed by atoms with Gasteiger partial charge in [0.05, 0.1) is 4.90 Å². The minimum absolute atomic E-state index is 0.000122. The second-order valence-electron chi connectivity index (χ2n) is 6.49. The first-order valence-electron chi connectivity index (χ1n) is 8.40. The maximum Gasteiger partial charge on any atom is 0.326 e. The first-order valence-corrected chi connectivity index (χ1v) is 9.89. The molecule has 7 nitrogen and oxygen atoms in total. The van der Waals surface area contributed by atoms with Gasteiger partial charge in [0.25, 0.3) is 15.9 Å². The number of aliphatic carboxylic acids is 1. The first-order chi connectivity index (χ1) is 12.7. The van der Waals surface area contributed by atoms with Crippen LogP contribution in [-0.2, 0) is 14.8 Å². The first kappa shape index (κ1) is 20.4. The van der Waals surface area contributed by atoms with Gasteiger partial charge < -0.3 is 10.4 Å². The predicted molar refractivity (Wildman–Crippen MR) is 102 cm³/mol. The lowest BCUT2D eigenvalue weighted by molar-refractivity contribution is -0.139. The van der Waals surface area contributed by atoms with Crippen LogP contribution in [-0.4, -0.2) is 31.4 Å². The molecule has 0 fully saturated rings. The Labute approximate surface area is 158 Å². The van der Waals surface area contributed by atoms with E-state index in [1.54, 1.807) is 30.3 Å². The normalized spacial score (nSPS) is 12.4. The van der Waals surface area contributed by atoms with Crippen LogP contribution in [0.2, 0.25) is 0 Å². The van der Waals surface area contributed by atoms with Crippen LogP contribution in [0.25, 0.3) is 0 Å². The van der Waals surface area contributed by atoms with E-state index in [0.29, 0.717) is 12.1 Å². The molecule has 1 atom stereocenters. The average molecular weight is 390 g/mol. The van der Waals surface area contributed by atoms with Crippen LogP contribution in [0.4, 0.5) is 5.69 Å². The molecular weight excluding hydrogens is 368 g/mol. The summed E-state index contributed by atoms with van der Waals surface area (Å²) in [6.07, 6.45) is 0.300. The number of hydrogen-bond donors (Lipinski definition) is 3. The number of anilines is 1. The molecule has 2 aromatic rings. The van der Waals surface area contributed by atoms with Crippen molar-refractivity contribution in [3.63, 3.8) is 0 Å². The van der Waals surface area contributed by atoms with E-state index < -0.39 is 27.9 Å². The highest BCUT2D eigenvalue weighted by atomic mass is 32.2. The summed E-state index contributed by atoms with van der Waals surface area (Å²) in [6, 6.07) is 12.8. The zero-order valence-corrected chi connectivity index (χ0v) is 15.9. The molecule has 0 heterocycles. The SMILES string of the molecule is CC(C)C[C@@H](NC(=O)c1ccc(S(=O)(=O)Nc2ccccc2)cc1)C(=O)O. The molecule has 2 rings (SSSR count). The third kappa shape index (κ3) is 5.82. The third-order valence-electron chi connectivity index (χ3n) is 3.76. The van der Waals surface area contributed by atoms with Crippen molar-refractivity contribution in [2.24, 2.45) is 5.92 Å². The van der Waals surface area contributed by atoms with Gasteiger partial charge in [-0.2, -0.15) is 0 Å². The lowest BCUT2D eigenvalue weighted by Gasteiger charge is -2.16. The van der Waals surface area contributed by atoms with E-state index in [1.165, 1.54) is 24.3 Å². The lowest BCUT2D eigenvalue weighted by Crippen LogP contribution is -2.41. The van der Waals surface area contributed by atoms with Gasteiger partial charge in [-0.15, -0.1) is 0 Å². The standard InChI is InChI=1S/C19H22N2O5S/c1-13(2)12-17(19(23)24)20-18(22)14-8-10-16(11-9-14)27(25,26)21-15-6-4-3-5-7-15/h3-11,13,17,21H,12H2,1-2H3,(H,20,22)(H,23,24)/t17-/m1/s1. The number of carbonyl (C=O) groups excluding carboxylic acids is 1.